The Hall–Kier alpha value is -1.10. The fraction of sp³-hybridized carbons (Fsp3) is 0.667. The van der Waals surface area contributed by atoms with E-state index in [2.05, 4.69) is 23.7 Å². The molecule has 2 heterocycles. The second-order valence-corrected chi connectivity index (χ2v) is 5.83. The van der Waals surface area contributed by atoms with E-state index in [4.69, 9.17) is 4.74 Å². The molecule has 0 saturated carbocycles. The molecule has 2 rings (SSSR count). The van der Waals surface area contributed by atoms with Crippen molar-refractivity contribution in [3.63, 3.8) is 0 Å². The molecule has 1 aromatic rings. The van der Waals surface area contributed by atoms with Gasteiger partial charge in [-0.15, -0.1) is 11.3 Å². The van der Waals surface area contributed by atoms with Crippen LogP contribution in [0.1, 0.15) is 17.5 Å². The Morgan fingerprint density at radius 2 is 2.18 bits per heavy atom. The van der Waals surface area contributed by atoms with Crippen LogP contribution < -0.4 is 4.90 Å². The van der Waals surface area contributed by atoms with E-state index in [1.807, 2.05) is 6.92 Å². The van der Waals surface area contributed by atoms with Gasteiger partial charge in [-0.25, -0.2) is 4.98 Å². The number of hydrogen-bond acceptors (Lipinski definition) is 5. The normalized spacial score (nSPS) is 24.1. The van der Waals surface area contributed by atoms with Crippen molar-refractivity contribution in [2.45, 2.75) is 20.8 Å². The number of rotatable bonds is 2. The predicted molar refractivity (Wildman–Crippen MR) is 68.5 cm³/mol. The summed E-state index contributed by atoms with van der Waals surface area (Å²) in [5.41, 5.74) is 1.08. The van der Waals surface area contributed by atoms with E-state index in [9.17, 15) is 4.79 Å². The molecule has 5 heteroatoms. The number of carbonyl (C=O) groups excluding carboxylic acids is 1. The first kappa shape index (κ1) is 12.4. The first-order valence-electron chi connectivity index (χ1n) is 5.79. The molecule has 1 fully saturated rings. The van der Waals surface area contributed by atoms with E-state index in [0.29, 0.717) is 5.92 Å². The van der Waals surface area contributed by atoms with Crippen molar-refractivity contribution in [1.82, 2.24) is 4.98 Å². The molecule has 2 unspecified atom stereocenters. The molecule has 1 aliphatic rings. The van der Waals surface area contributed by atoms with Gasteiger partial charge < -0.3 is 9.64 Å². The molecule has 4 nitrogen and oxygen atoms in total. The van der Waals surface area contributed by atoms with E-state index < -0.39 is 0 Å². The lowest BCUT2D eigenvalue weighted by atomic mass is 9.99. The Kier molecular flexibility index (Phi) is 3.38. The quantitative estimate of drug-likeness (QED) is 0.757. The van der Waals surface area contributed by atoms with E-state index in [0.717, 1.165) is 23.9 Å². The molecule has 0 radical (unpaired) electrons. The minimum atomic E-state index is -0.106. The largest absolute Gasteiger partial charge is 0.469 e. The Bertz CT molecular complexity index is 411. The molecule has 1 aliphatic heterocycles. The SMILES string of the molecule is COC(=O)C1CN(c2nc(C)c(C)s2)CC1C. The number of thiazole rings is 1. The van der Waals surface area contributed by atoms with Gasteiger partial charge in [-0.2, -0.15) is 0 Å². The number of anilines is 1. The highest BCUT2D eigenvalue weighted by Crippen LogP contribution is 2.32. The van der Waals surface area contributed by atoms with E-state index in [1.165, 1.54) is 12.0 Å². The Labute approximate surface area is 106 Å². The second kappa shape index (κ2) is 4.64. The summed E-state index contributed by atoms with van der Waals surface area (Å²) < 4.78 is 4.84. The van der Waals surface area contributed by atoms with Crippen molar-refractivity contribution < 1.29 is 9.53 Å². The van der Waals surface area contributed by atoms with Crippen LogP contribution in [0.4, 0.5) is 5.13 Å². The van der Waals surface area contributed by atoms with Crippen LogP contribution in [0.5, 0.6) is 0 Å². The molecular formula is C12H18N2O2S. The van der Waals surface area contributed by atoms with Gasteiger partial charge in [0.1, 0.15) is 0 Å². The molecule has 0 N–H and O–H groups in total. The lowest BCUT2D eigenvalue weighted by Gasteiger charge is -2.13. The summed E-state index contributed by atoms with van der Waals surface area (Å²) in [6.45, 7) is 7.79. The van der Waals surface area contributed by atoms with Crippen LogP contribution in [0.25, 0.3) is 0 Å². The maximum Gasteiger partial charge on any atom is 0.310 e. The topological polar surface area (TPSA) is 42.4 Å². The molecule has 0 spiro atoms. The van der Waals surface area contributed by atoms with E-state index in [-0.39, 0.29) is 11.9 Å². The third kappa shape index (κ3) is 2.29. The highest BCUT2D eigenvalue weighted by Gasteiger charge is 2.36. The van der Waals surface area contributed by atoms with Crippen molar-refractivity contribution in [3.8, 4) is 0 Å². The Morgan fingerprint density at radius 1 is 1.47 bits per heavy atom. The standard InChI is InChI=1S/C12H18N2O2S/c1-7-5-14(6-10(7)11(15)16-4)12-13-8(2)9(3)17-12/h7,10H,5-6H2,1-4H3. The molecule has 0 aliphatic carbocycles. The maximum absolute atomic E-state index is 11.6. The number of nitrogens with zero attached hydrogens (tertiary/aromatic N) is 2. The van der Waals surface area contributed by atoms with Gasteiger partial charge >= 0.3 is 5.97 Å². The Balaban J connectivity index is 2.13. The molecule has 94 valence electrons. The molecule has 0 bridgehead atoms. The van der Waals surface area contributed by atoms with Crippen LogP contribution in [0.3, 0.4) is 0 Å². The van der Waals surface area contributed by atoms with Crippen LogP contribution >= 0.6 is 11.3 Å². The number of aromatic nitrogens is 1. The monoisotopic (exact) mass is 254 g/mol. The third-order valence-corrected chi connectivity index (χ3v) is 4.54. The average molecular weight is 254 g/mol. The van der Waals surface area contributed by atoms with Crippen molar-refractivity contribution in [2.75, 3.05) is 25.1 Å². The number of hydrogen-bond donors (Lipinski definition) is 0. The van der Waals surface area contributed by atoms with Gasteiger partial charge in [0.25, 0.3) is 0 Å². The highest BCUT2D eigenvalue weighted by molar-refractivity contribution is 7.15. The fourth-order valence-corrected chi connectivity index (χ4v) is 3.10. The van der Waals surface area contributed by atoms with E-state index >= 15 is 0 Å². The van der Waals surface area contributed by atoms with Crippen molar-refractivity contribution >= 4 is 22.4 Å². The van der Waals surface area contributed by atoms with Gasteiger partial charge in [0.05, 0.1) is 18.7 Å². The molecule has 1 saturated heterocycles. The lowest BCUT2D eigenvalue weighted by molar-refractivity contribution is -0.145. The van der Waals surface area contributed by atoms with Crippen LogP contribution in [0.15, 0.2) is 0 Å². The summed E-state index contributed by atoms with van der Waals surface area (Å²) in [5.74, 6) is 0.196. The molecular weight excluding hydrogens is 236 g/mol. The van der Waals surface area contributed by atoms with Crippen molar-refractivity contribution in [1.29, 1.82) is 0 Å². The van der Waals surface area contributed by atoms with Gasteiger partial charge in [0, 0.05) is 18.0 Å². The van der Waals surface area contributed by atoms with Gasteiger partial charge in [-0.1, -0.05) is 6.92 Å². The number of esters is 1. The van der Waals surface area contributed by atoms with Crippen LogP contribution in [-0.4, -0.2) is 31.2 Å². The van der Waals surface area contributed by atoms with Crippen molar-refractivity contribution in [2.24, 2.45) is 11.8 Å². The summed E-state index contributed by atoms with van der Waals surface area (Å²) in [6.07, 6.45) is 0. The highest BCUT2D eigenvalue weighted by atomic mass is 32.1. The lowest BCUT2D eigenvalue weighted by Crippen LogP contribution is -2.24. The molecule has 2 atom stereocenters. The number of aryl methyl sites for hydroxylation is 2. The summed E-state index contributed by atoms with van der Waals surface area (Å²) in [5, 5.41) is 1.03. The first-order chi connectivity index (χ1) is 8.02. The minimum Gasteiger partial charge on any atom is -0.469 e. The summed E-state index contributed by atoms with van der Waals surface area (Å²) in [6, 6.07) is 0. The first-order valence-corrected chi connectivity index (χ1v) is 6.61. The summed E-state index contributed by atoms with van der Waals surface area (Å²) in [4.78, 5) is 19.6. The number of methoxy groups -OCH3 is 1. The second-order valence-electron chi connectivity index (χ2n) is 4.65. The van der Waals surface area contributed by atoms with Crippen LogP contribution in [0.2, 0.25) is 0 Å². The molecule has 1 aromatic heterocycles. The summed E-state index contributed by atoms with van der Waals surface area (Å²) in [7, 11) is 1.45. The Morgan fingerprint density at radius 3 is 2.71 bits per heavy atom. The zero-order valence-electron chi connectivity index (χ0n) is 10.7. The van der Waals surface area contributed by atoms with Crippen LogP contribution in [0, 0.1) is 25.7 Å². The van der Waals surface area contributed by atoms with E-state index in [1.54, 1.807) is 11.3 Å². The van der Waals surface area contributed by atoms with Gasteiger partial charge in [0.2, 0.25) is 0 Å². The number of ether oxygens (including phenoxy) is 1. The van der Waals surface area contributed by atoms with Crippen LogP contribution in [-0.2, 0) is 9.53 Å². The smallest absolute Gasteiger partial charge is 0.310 e. The molecule has 17 heavy (non-hydrogen) atoms. The zero-order chi connectivity index (χ0) is 12.6. The predicted octanol–water partition coefficient (Wildman–Crippen LogP) is 2.01. The number of carbonyl (C=O) groups is 1. The van der Waals surface area contributed by atoms with Gasteiger partial charge in [-0.05, 0) is 19.8 Å². The molecule has 0 aromatic carbocycles. The molecule has 0 amide bonds. The third-order valence-electron chi connectivity index (χ3n) is 3.40. The summed E-state index contributed by atoms with van der Waals surface area (Å²) >= 11 is 1.70. The maximum atomic E-state index is 11.6. The fourth-order valence-electron chi connectivity index (χ4n) is 2.17. The zero-order valence-corrected chi connectivity index (χ0v) is 11.5. The minimum absolute atomic E-state index is 0.0236. The van der Waals surface area contributed by atoms with Gasteiger partial charge in [-0.3, -0.25) is 4.79 Å². The van der Waals surface area contributed by atoms with Crippen molar-refractivity contribution in [3.05, 3.63) is 10.6 Å². The van der Waals surface area contributed by atoms with Gasteiger partial charge in [0.15, 0.2) is 5.13 Å². The average Bonchev–Trinajstić information content (AvgIpc) is 2.82.